The molecule has 0 radical (unpaired) electrons. The van der Waals surface area contributed by atoms with Crippen molar-refractivity contribution in [2.75, 3.05) is 0 Å². The van der Waals surface area contributed by atoms with Crippen LogP contribution in [0.4, 0.5) is 0 Å². The maximum Gasteiger partial charge on any atom is 0.310 e. The molecule has 0 fully saturated rings. The fourth-order valence-electron chi connectivity index (χ4n) is 1.38. The average molecular weight is 178 g/mol. The Bertz CT molecular complexity index is 329. The first-order valence-corrected chi connectivity index (χ1v) is 4.33. The number of carboxylic acid groups (broad SMARTS) is 1. The Morgan fingerprint density at radius 2 is 2.00 bits per heavy atom. The van der Waals surface area contributed by atoms with Gasteiger partial charge in [0, 0.05) is 0 Å². The Labute approximate surface area is 78.2 Å². The normalized spacial score (nSPS) is 12.5. The first kappa shape index (κ1) is 9.78. The smallest absolute Gasteiger partial charge is 0.310 e. The minimum Gasteiger partial charge on any atom is -0.481 e. The molecule has 0 bridgehead atoms. The molecule has 2 heteroatoms. The summed E-state index contributed by atoms with van der Waals surface area (Å²) in [5.41, 5.74) is 3.13. The van der Waals surface area contributed by atoms with Gasteiger partial charge in [-0.3, -0.25) is 4.79 Å². The van der Waals surface area contributed by atoms with Gasteiger partial charge < -0.3 is 5.11 Å². The highest BCUT2D eigenvalue weighted by Gasteiger charge is 2.15. The maximum absolute atomic E-state index is 10.8. The second-order valence-electron chi connectivity index (χ2n) is 3.35. The minimum absolute atomic E-state index is 0.417. The summed E-state index contributed by atoms with van der Waals surface area (Å²) in [6.07, 6.45) is 0. The zero-order valence-electron chi connectivity index (χ0n) is 8.16. The van der Waals surface area contributed by atoms with Crippen LogP contribution in [0.25, 0.3) is 0 Å². The van der Waals surface area contributed by atoms with E-state index in [0.29, 0.717) is 0 Å². The lowest BCUT2D eigenvalue weighted by molar-refractivity contribution is -0.138. The number of carboxylic acids is 1. The van der Waals surface area contributed by atoms with Crippen LogP contribution in [0.5, 0.6) is 0 Å². The summed E-state index contributed by atoms with van der Waals surface area (Å²) in [6, 6.07) is 5.77. The van der Waals surface area contributed by atoms with E-state index in [-0.39, 0.29) is 0 Å². The number of aliphatic carboxylic acids is 1. The van der Waals surface area contributed by atoms with E-state index in [1.165, 1.54) is 0 Å². The summed E-state index contributed by atoms with van der Waals surface area (Å²) >= 11 is 0. The summed E-state index contributed by atoms with van der Waals surface area (Å²) in [5.74, 6) is -1.19. The third-order valence-corrected chi connectivity index (χ3v) is 2.48. The van der Waals surface area contributed by atoms with Crippen LogP contribution in [0.2, 0.25) is 0 Å². The van der Waals surface area contributed by atoms with Crippen molar-refractivity contribution >= 4 is 5.97 Å². The van der Waals surface area contributed by atoms with Crippen molar-refractivity contribution in [2.24, 2.45) is 0 Å². The molecule has 1 aromatic carbocycles. The zero-order chi connectivity index (χ0) is 10.0. The van der Waals surface area contributed by atoms with E-state index in [1.807, 2.05) is 32.0 Å². The Balaban J connectivity index is 3.15. The predicted octanol–water partition coefficient (Wildman–Crippen LogP) is 2.49. The third-order valence-electron chi connectivity index (χ3n) is 2.48. The summed E-state index contributed by atoms with van der Waals surface area (Å²) in [7, 11) is 0. The van der Waals surface area contributed by atoms with Crippen molar-refractivity contribution in [3.63, 3.8) is 0 Å². The largest absolute Gasteiger partial charge is 0.481 e. The van der Waals surface area contributed by atoms with E-state index in [9.17, 15) is 4.79 Å². The molecule has 0 aliphatic heterocycles. The van der Waals surface area contributed by atoms with Gasteiger partial charge >= 0.3 is 5.97 Å². The number of hydrogen-bond donors (Lipinski definition) is 1. The fraction of sp³-hybridized carbons (Fsp3) is 0.364. The molecule has 13 heavy (non-hydrogen) atoms. The summed E-state index contributed by atoms with van der Waals surface area (Å²) < 4.78 is 0. The molecule has 1 atom stereocenters. The van der Waals surface area contributed by atoms with Crippen LogP contribution in [0.3, 0.4) is 0 Å². The van der Waals surface area contributed by atoms with Gasteiger partial charge in [-0.25, -0.2) is 0 Å². The van der Waals surface area contributed by atoms with Crippen molar-refractivity contribution in [1.82, 2.24) is 0 Å². The number of rotatable bonds is 2. The van der Waals surface area contributed by atoms with Crippen molar-refractivity contribution < 1.29 is 9.90 Å². The second-order valence-corrected chi connectivity index (χ2v) is 3.35. The molecule has 0 saturated carbocycles. The molecule has 0 heterocycles. The molecule has 2 nitrogen and oxygen atoms in total. The first-order valence-electron chi connectivity index (χ1n) is 4.33. The summed E-state index contributed by atoms with van der Waals surface area (Å²) in [5, 5.41) is 8.85. The number of aryl methyl sites for hydroxylation is 1. The molecule has 0 saturated heterocycles. The molecule has 0 unspecified atom stereocenters. The highest BCUT2D eigenvalue weighted by atomic mass is 16.4. The van der Waals surface area contributed by atoms with E-state index in [2.05, 4.69) is 0 Å². The van der Waals surface area contributed by atoms with Crippen molar-refractivity contribution in [2.45, 2.75) is 26.7 Å². The summed E-state index contributed by atoms with van der Waals surface area (Å²) in [4.78, 5) is 10.8. The standard InChI is InChI=1S/C11H14O2/c1-7-5-4-6-10(8(7)2)9(3)11(12)13/h4-6,9H,1-3H3,(H,12,13)/t9-/m1/s1. The van der Waals surface area contributed by atoms with E-state index in [0.717, 1.165) is 16.7 Å². The van der Waals surface area contributed by atoms with E-state index in [4.69, 9.17) is 5.11 Å². The van der Waals surface area contributed by atoms with Gasteiger partial charge in [-0.05, 0) is 37.5 Å². The number of carbonyl (C=O) groups is 1. The van der Waals surface area contributed by atoms with Crippen LogP contribution < -0.4 is 0 Å². The van der Waals surface area contributed by atoms with Gasteiger partial charge in [-0.15, -0.1) is 0 Å². The highest BCUT2D eigenvalue weighted by molar-refractivity contribution is 5.76. The van der Waals surface area contributed by atoms with Crippen LogP contribution >= 0.6 is 0 Å². The molecule has 0 aliphatic carbocycles. The van der Waals surface area contributed by atoms with Gasteiger partial charge in [0.15, 0.2) is 0 Å². The molecule has 0 amide bonds. The van der Waals surface area contributed by atoms with E-state index in [1.54, 1.807) is 6.92 Å². The second kappa shape index (κ2) is 3.60. The topological polar surface area (TPSA) is 37.3 Å². The molecular formula is C11H14O2. The van der Waals surface area contributed by atoms with Gasteiger partial charge in [-0.1, -0.05) is 18.2 Å². The van der Waals surface area contributed by atoms with Crippen LogP contribution in [-0.4, -0.2) is 11.1 Å². The Morgan fingerprint density at radius 3 is 2.54 bits per heavy atom. The molecule has 70 valence electrons. The monoisotopic (exact) mass is 178 g/mol. The fourth-order valence-corrected chi connectivity index (χ4v) is 1.38. The Kier molecular flexibility index (Phi) is 2.71. The molecule has 1 N–H and O–H groups in total. The lowest BCUT2D eigenvalue weighted by atomic mass is 9.94. The average Bonchev–Trinajstić information content (AvgIpc) is 2.08. The molecule has 1 rings (SSSR count). The maximum atomic E-state index is 10.8. The minimum atomic E-state index is -0.770. The summed E-state index contributed by atoms with van der Waals surface area (Å²) in [6.45, 7) is 5.67. The van der Waals surface area contributed by atoms with Gasteiger partial charge in [0.2, 0.25) is 0 Å². The van der Waals surface area contributed by atoms with Crippen LogP contribution in [0.15, 0.2) is 18.2 Å². The van der Waals surface area contributed by atoms with Crippen molar-refractivity contribution in [1.29, 1.82) is 0 Å². The van der Waals surface area contributed by atoms with Crippen molar-refractivity contribution in [3.05, 3.63) is 34.9 Å². The molecular weight excluding hydrogens is 164 g/mol. The van der Waals surface area contributed by atoms with Crippen LogP contribution in [0.1, 0.15) is 29.5 Å². The first-order chi connectivity index (χ1) is 6.04. The van der Waals surface area contributed by atoms with Gasteiger partial charge in [0.05, 0.1) is 5.92 Å². The quantitative estimate of drug-likeness (QED) is 0.755. The van der Waals surface area contributed by atoms with Crippen molar-refractivity contribution in [3.8, 4) is 0 Å². The Morgan fingerprint density at radius 1 is 1.38 bits per heavy atom. The van der Waals surface area contributed by atoms with Gasteiger partial charge in [-0.2, -0.15) is 0 Å². The predicted molar refractivity (Wildman–Crippen MR) is 52.0 cm³/mol. The third kappa shape index (κ3) is 1.89. The van der Waals surface area contributed by atoms with Crippen LogP contribution in [-0.2, 0) is 4.79 Å². The number of hydrogen-bond acceptors (Lipinski definition) is 1. The Hall–Kier alpha value is -1.31. The zero-order valence-corrected chi connectivity index (χ0v) is 8.16. The molecule has 0 spiro atoms. The SMILES string of the molecule is Cc1cccc([C@@H](C)C(=O)O)c1C. The molecule has 0 aliphatic rings. The highest BCUT2D eigenvalue weighted by Crippen LogP contribution is 2.21. The molecule has 0 aromatic heterocycles. The van der Waals surface area contributed by atoms with E-state index < -0.39 is 11.9 Å². The molecule has 1 aromatic rings. The van der Waals surface area contributed by atoms with E-state index >= 15 is 0 Å². The lowest BCUT2D eigenvalue weighted by Crippen LogP contribution is -2.09. The van der Waals surface area contributed by atoms with Crippen LogP contribution in [0, 0.1) is 13.8 Å². The number of benzene rings is 1. The lowest BCUT2D eigenvalue weighted by Gasteiger charge is -2.11. The van der Waals surface area contributed by atoms with Gasteiger partial charge in [0.1, 0.15) is 0 Å². The van der Waals surface area contributed by atoms with Gasteiger partial charge in [0.25, 0.3) is 0 Å².